The molecule has 0 saturated heterocycles. The minimum atomic E-state index is 0.213. The highest BCUT2D eigenvalue weighted by Crippen LogP contribution is 2.61. The molecule has 2 heterocycles. The van der Waals surface area contributed by atoms with Crippen molar-refractivity contribution in [2.75, 3.05) is 18.1 Å². The van der Waals surface area contributed by atoms with Crippen molar-refractivity contribution < 1.29 is 4.74 Å². The van der Waals surface area contributed by atoms with Gasteiger partial charge in [-0.15, -0.1) is 0 Å². The molecule has 4 heteroatoms. The molecule has 6 aliphatic rings. The first kappa shape index (κ1) is 18.8. The average molecular weight is 404 g/mol. The maximum Gasteiger partial charge on any atom is 0.212 e. The number of aliphatic imine (C=N–C) groups is 1. The van der Waals surface area contributed by atoms with E-state index in [4.69, 9.17) is 9.73 Å². The highest BCUT2D eigenvalue weighted by Gasteiger charge is 2.55. The van der Waals surface area contributed by atoms with Crippen molar-refractivity contribution in [2.45, 2.75) is 65.3 Å². The SMILES string of the molecule is Cc1cc(C)c(N2[C]N(C[C@@H]3COC(C45CC6CC(CC(C6)C4)C5)=N3)C=C2)c(C)c1. The van der Waals surface area contributed by atoms with Crippen molar-refractivity contribution in [3.8, 4) is 0 Å². The number of hydrogen-bond donors (Lipinski definition) is 0. The zero-order chi connectivity index (χ0) is 20.5. The van der Waals surface area contributed by atoms with Gasteiger partial charge in [-0.2, -0.15) is 0 Å². The third kappa shape index (κ3) is 3.06. The van der Waals surface area contributed by atoms with Gasteiger partial charge in [0, 0.05) is 30.0 Å². The third-order valence-corrected chi connectivity index (χ3v) is 8.12. The van der Waals surface area contributed by atoms with Crippen LogP contribution in [0, 0.1) is 50.6 Å². The fraction of sp³-hybridized carbons (Fsp3) is 0.615. The second kappa shape index (κ2) is 6.77. The predicted molar refractivity (Wildman–Crippen MR) is 120 cm³/mol. The van der Waals surface area contributed by atoms with Crippen LogP contribution in [0.4, 0.5) is 5.69 Å². The van der Waals surface area contributed by atoms with Crippen LogP contribution in [0.2, 0.25) is 0 Å². The third-order valence-electron chi connectivity index (χ3n) is 8.12. The smallest absolute Gasteiger partial charge is 0.212 e. The van der Waals surface area contributed by atoms with Gasteiger partial charge in [0.1, 0.15) is 12.6 Å². The lowest BCUT2D eigenvalue weighted by Gasteiger charge is -2.56. The van der Waals surface area contributed by atoms with Gasteiger partial charge >= 0.3 is 0 Å². The lowest BCUT2D eigenvalue weighted by Crippen LogP contribution is -2.50. The molecule has 158 valence electrons. The molecule has 2 radical (unpaired) electrons. The van der Waals surface area contributed by atoms with Crippen molar-refractivity contribution >= 4 is 11.6 Å². The number of hydrogen-bond acceptors (Lipinski definition) is 4. The zero-order valence-corrected chi connectivity index (χ0v) is 18.5. The van der Waals surface area contributed by atoms with Crippen LogP contribution in [0.25, 0.3) is 0 Å². The maximum atomic E-state index is 6.28. The van der Waals surface area contributed by atoms with Crippen LogP contribution in [-0.2, 0) is 4.74 Å². The van der Waals surface area contributed by atoms with Gasteiger partial charge in [-0.1, -0.05) is 17.7 Å². The van der Waals surface area contributed by atoms with Crippen molar-refractivity contribution in [2.24, 2.45) is 28.2 Å². The fourth-order valence-electron chi connectivity index (χ4n) is 7.53. The van der Waals surface area contributed by atoms with Crippen LogP contribution in [0.1, 0.15) is 55.2 Å². The number of rotatable bonds is 4. The van der Waals surface area contributed by atoms with Gasteiger partial charge in [0.15, 0.2) is 5.90 Å². The number of ether oxygens (including phenoxy) is 1. The summed E-state index contributed by atoms with van der Waals surface area (Å²) in [5.74, 6) is 3.90. The summed E-state index contributed by atoms with van der Waals surface area (Å²) in [6.45, 7) is 11.6. The van der Waals surface area contributed by atoms with Crippen LogP contribution >= 0.6 is 0 Å². The summed E-state index contributed by atoms with van der Waals surface area (Å²) >= 11 is 0. The predicted octanol–water partition coefficient (Wildman–Crippen LogP) is 5.22. The molecule has 7 rings (SSSR count). The summed E-state index contributed by atoms with van der Waals surface area (Å²) in [5, 5.41) is 0. The Morgan fingerprint density at radius 3 is 2.27 bits per heavy atom. The van der Waals surface area contributed by atoms with Gasteiger partial charge < -0.3 is 14.5 Å². The molecule has 4 bridgehead atoms. The van der Waals surface area contributed by atoms with Crippen molar-refractivity contribution in [3.63, 3.8) is 0 Å². The molecule has 0 unspecified atom stereocenters. The average Bonchev–Trinajstić information content (AvgIpc) is 3.30. The van der Waals surface area contributed by atoms with Crippen LogP contribution < -0.4 is 4.90 Å². The van der Waals surface area contributed by atoms with E-state index in [9.17, 15) is 0 Å². The molecule has 4 fully saturated rings. The summed E-state index contributed by atoms with van der Waals surface area (Å²) < 4.78 is 6.28. The van der Waals surface area contributed by atoms with E-state index in [1.54, 1.807) is 0 Å². The second-order valence-electron chi connectivity index (χ2n) is 10.8. The van der Waals surface area contributed by atoms with Crippen LogP contribution in [0.3, 0.4) is 0 Å². The molecule has 2 aliphatic heterocycles. The molecule has 0 N–H and O–H groups in total. The first-order valence-corrected chi connectivity index (χ1v) is 11.8. The topological polar surface area (TPSA) is 28.1 Å². The van der Waals surface area contributed by atoms with Crippen molar-refractivity contribution in [1.29, 1.82) is 0 Å². The number of nitrogens with zero attached hydrogens (tertiary/aromatic N) is 3. The standard InChI is InChI=1S/C26H33N3O/c1-17-6-18(2)24(19(3)7-17)29-5-4-28(16-29)14-23-15-30-25(27-23)26-11-20-8-21(12-26)10-22(9-20)13-26/h4-7,20-23H,8-15H2,1-3H3/t20?,21?,22?,23-,26?/m1/s1. The Hall–Kier alpha value is -1.97. The first-order chi connectivity index (χ1) is 14.5. The van der Waals surface area contributed by atoms with E-state index in [1.807, 2.05) is 0 Å². The molecule has 1 aromatic rings. The lowest BCUT2D eigenvalue weighted by atomic mass is 9.49. The Labute approximate surface area is 181 Å². The molecule has 1 aromatic carbocycles. The van der Waals surface area contributed by atoms with Crippen LogP contribution in [0.5, 0.6) is 0 Å². The normalized spacial score (nSPS) is 36.6. The molecule has 0 spiro atoms. The Bertz CT molecular complexity index is 859. The minimum absolute atomic E-state index is 0.213. The van der Waals surface area contributed by atoms with Gasteiger partial charge in [-0.25, -0.2) is 4.99 Å². The van der Waals surface area contributed by atoms with Crippen LogP contribution in [-0.4, -0.2) is 30.0 Å². The van der Waals surface area contributed by atoms with Crippen molar-refractivity contribution in [1.82, 2.24) is 4.90 Å². The van der Waals surface area contributed by atoms with Gasteiger partial charge in [0.25, 0.3) is 0 Å². The Morgan fingerprint density at radius 1 is 1.00 bits per heavy atom. The highest BCUT2D eigenvalue weighted by molar-refractivity contribution is 5.84. The van der Waals surface area contributed by atoms with Crippen molar-refractivity contribution in [3.05, 3.63) is 47.9 Å². The lowest BCUT2D eigenvalue weighted by molar-refractivity contribution is -0.0226. The number of anilines is 1. The maximum absolute atomic E-state index is 6.28. The van der Waals surface area contributed by atoms with Gasteiger partial charge in [0.05, 0.1) is 0 Å². The quantitative estimate of drug-likeness (QED) is 0.690. The molecule has 1 atom stereocenters. The highest BCUT2D eigenvalue weighted by atomic mass is 16.5. The largest absolute Gasteiger partial charge is 0.478 e. The van der Waals surface area contributed by atoms with Gasteiger partial charge in [0.2, 0.25) is 6.67 Å². The molecule has 4 aliphatic carbocycles. The zero-order valence-electron chi connectivity index (χ0n) is 18.5. The molecule has 0 amide bonds. The summed E-state index contributed by atoms with van der Waals surface area (Å²) in [6, 6.07) is 4.70. The number of aryl methyl sites for hydroxylation is 3. The number of benzene rings is 1. The summed E-state index contributed by atoms with van der Waals surface area (Å²) in [4.78, 5) is 9.43. The van der Waals surface area contributed by atoms with E-state index in [2.05, 4.69) is 61.8 Å². The first-order valence-electron chi connectivity index (χ1n) is 11.8. The van der Waals surface area contributed by atoms with Crippen LogP contribution in [0.15, 0.2) is 29.5 Å². The van der Waals surface area contributed by atoms with E-state index >= 15 is 0 Å². The van der Waals surface area contributed by atoms with E-state index in [-0.39, 0.29) is 11.5 Å². The summed E-state index contributed by atoms with van der Waals surface area (Å²) in [5.41, 5.74) is 5.40. The monoisotopic (exact) mass is 403 g/mol. The van der Waals surface area contributed by atoms with E-state index in [0.717, 1.165) is 36.8 Å². The molecular weight excluding hydrogens is 370 g/mol. The van der Waals surface area contributed by atoms with E-state index in [1.165, 1.54) is 60.9 Å². The van der Waals surface area contributed by atoms with Gasteiger partial charge in [-0.3, -0.25) is 0 Å². The second-order valence-corrected chi connectivity index (χ2v) is 10.8. The fourth-order valence-corrected chi connectivity index (χ4v) is 7.53. The summed E-state index contributed by atoms with van der Waals surface area (Å²) in [7, 11) is 0. The molecule has 30 heavy (non-hydrogen) atoms. The molecular formula is C26H33N3O. The Kier molecular flexibility index (Phi) is 4.23. The summed E-state index contributed by atoms with van der Waals surface area (Å²) in [6.07, 6.45) is 12.6. The van der Waals surface area contributed by atoms with Gasteiger partial charge in [-0.05, 0) is 88.2 Å². The van der Waals surface area contributed by atoms with E-state index in [0.29, 0.717) is 0 Å². The Balaban J connectivity index is 1.13. The molecule has 4 saturated carbocycles. The molecule has 4 nitrogen and oxygen atoms in total. The molecule has 0 aromatic heterocycles. The Morgan fingerprint density at radius 2 is 1.63 bits per heavy atom. The van der Waals surface area contributed by atoms with E-state index < -0.39 is 0 Å². The minimum Gasteiger partial charge on any atom is -0.478 e.